The second-order valence-electron chi connectivity index (χ2n) is 4.69. The van der Waals surface area contributed by atoms with Crippen LogP contribution in [0.3, 0.4) is 0 Å². The van der Waals surface area contributed by atoms with Gasteiger partial charge < -0.3 is 14.4 Å². The van der Waals surface area contributed by atoms with E-state index in [-0.39, 0.29) is 12.2 Å². The average molecular weight is 250 g/mol. The van der Waals surface area contributed by atoms with Gasteiger partial charge in [-0.05, 0) is 20.8 Å². The molecule has 0 saturated carbocycles. The first kappa shape index (κ1) is 13.1. The Morgan fingerprint density at radius 1 is 1.38 bits per heavy atom. The second kappa shape index (κ2) is 4.91. The molecule has 0 aromatic rings. The van der Waals surface area contributed by atoms with E-state index in [1.807, 2.05) is 0 Å². The Kier molecular flexibility index (Phi) is 4.02. The smallest absolute Gasteiger partial charge is 0.410 e. The molecular formula is C10H16ClNO4. The Balaban J connectivity index is 2.41. The number of nitrogens with zero attached hydrogens (tertiary/aromatic N) is 1. The summed E-state index contributed by atoms with van der Waals surface area (Å²) in [5, 5.41) is 0. The first-order valence-corrected chi connectivity index (χ1v) is 5.50. The molecule has 1 fully saturated rings. The number of carbonyl (C=O) groups excluding carboxylic acids is 2. The SMILES string of the molecule is CC(C)(C)OC(=O)N1CCC(OC(=O)Cl)C1. The number of ether oxygens (including phenoxy) is 2. The average Bonchev–Trinajstić information content (AvgIpc) is 2.48. The van der Waals surface area contributed by atoms with Crippen LogP contribution in [0.25, 0.3) is 0 Å². The van der Waals surface area contributed by atoms with Crippen LogP contribution in [0.5, 0.6) is 0 Å². The first-order valence-electron chi connectivity index (χ1n) is 5.12. The van der Waals surface area contributed by atoms with E-state index in [4.69, 9.17) is 21.1 Å². The molecule has 0 aromatic carbocycles. The summed E-state index contributed by atoms with van der Waals surface area (Å²) in [5.74, 6) is 0. The molecule has 1 heterocycles. The predicted octanol–water partition coefficient (Wildman–Crippen LogP) is 2.37. The summed E-state index contributed by atoms with van der Waals surface area (Å²) in [7, 11) is 0. The molecule has 16 heavy (non-hydrogen) atoms. The number of carbonyl (C=O) groups is 2. The third-order valence-electron chi connectivity index (χ3n) is 2.06. The van der Waals surface area contributed by atoms with Crippen molar-refractivity contribution in [2.45, 2.75) is 38.9 Å². The molecule has 0 aromatic heterocycles. The van der Waals surface area contributed by atoms with Crippen molar-refractivity contribution in [1.82, 2.24) is 4.90 Å². The van der Waals surface area contributed by atoms with Crippen LogP contribution < -0.4 is 0 Å². The van der Waals surface area contributed by atoms with Gasteiger partial charge in [0.2, 0.25) is 0 Å². The quantitative estimate of drug-likeness (QED) is 0.670. The Bertz CT molecular complexity index is 287. The normalized spacial score (nSPS) is 20.8. The Labute approximate surface area is 99.6 Å². The summed E-state index contributed by atoms with van der Waals surface area (Å²) in [6, 6.07) is 0. The summed E-state index contributed by atoms with van der Waals surface area (Å²) >= 11 is 5.10. The fourth-order valence-electron chi connectivity index (χ4n) is 1.45. The highest BCUT2D eigenvalue weighted by Crippen LogP contribution is 2.17. The molecule has 0 N–H and O–H groups in total. The van der Waals surface area contributed by atoms with Crippen molar-refractivity contribution in [3.05, 3.63) is 0 Å². The highest BCUT2D eigenvalue weighted by molar-refractivity contribution is 6.61. The minimum atomic E-state index is -0.837. The van der Waals surface area contributed by atoms with Crippen LogP contribution in [-0.4, -0.2) is 41.2 Å². The molecule has 1 atom stereocenters. The van der Waals surface area contributed by atoms with E-state index < -0.39 is 11.0 Å². The topological polar surface area (TPSA) is 55.8 Å². The molecule has 1 saturated heterocycles. The third kappa shape index (κ3) is 4.26. The van der Waals surface area contributed by atoms with Crippen molar-refractivity contribution in [1.29, 1.82) is 0 Å². The molecule has 1 rings (SSSR count). The van der Waals surface area contributed by atoms with E-state index in [0.29, 0.717) is 19.5 Å². The first-order chi connectivity index (χ1) is 7.28. The molecule has 1 aliphatic heterocycles. The van der Waals surface area contributed by atoms with Gasteiger partial charge in [0.15, 0.2) is 0 Å². The van der Waals surface area contributed by atoms with Gasteiger partial charge in [-0.3, -0.25) is 0 Å². The van der Waals surface area contributed by atoms with Crippen molar-refractivity contribution in [2.75, 3.05) is 13.1 Å². The maximum absolute atomic E-state index is 11.6. The molecule has 1 unspecified atom stereocenters. The molecule has 5 nitrogen and oxygen atoms in total. The molecule has 0 radical (unpaired) electrons. The van der Waals surface area contributed by atoms with Crippen LogP contribution in [0.4, 0.5) is 9.59 Å². The molecular weight excluding hydrogens is 234 g/mol. The number of likely N-dealkylation sites (tertiary alicyclic amines) is 1. The number of hydrogen-bond acceptors (Lipinski definition) is 4. The van der Waals surface area contributed by atoms with Crippen molar-refractivity contribution in [2.24, 2.45) is 0 Å². The summed E-state index contributed by atoms with van der Waals surface area (Å²) < 4.78 is 9.99. The number of amides is 1. The van der Waals surface area contributed by atoms with Gasteiger partial charge in [-0.1, -0.05) is 0 Å². The Morgan fingerprint density at radius 2 is 2.00 bits per heavy atom. The van der Waals surface area contributed by atoms with E-state index >= 15 is 0 Å². The van der Waals surface area contributed by atoms with Crippen LogP contribution in [0.15, 0.2) is 0 Å². The van der Waals surface area contributed by atoms with Gasteiger partial charge in [-0.25, -0.2) is 9.59 Å². The Hall–Kier alpha value is -0.970. The minimum Gasteiger partial charge on any atom is -0.448 e. The lowest BCUT2D eigenvalue weighted by Crippen LogP contribution is -2.36. The predicted molar refractivity (Wildman–Crippen MR) is 58.5 cm³/mol. The van der Waals surface area contributed by atoms with E-state index in [9.17, 15) is 9.59 Å². The highest BCUT2D eigenvalue weighted by Gasteiger charge is 2.31. The number of hydrogen-bond donors (Lipinski definition) is 0. The van der Waals surface area contributed by atoms with Crippen LogP contribution in [0, 0.1) is 0 Å². The number of rotatable bonds is 1. The van der Waals surface area contributed by atoms with Gasteiger partial charge >= 0.3 is 11.5 Å². The zero-order valence-electron chi connectivity index (χ0n) is 9.66. The van der Waals surface area contributed by atoms with Crippen LogP contribution in [0.2, 0.25) is 0 Å². The van der Waals surface area contributed by atoms with Gasteiger partial charge in [-0.15, -0.1) is 0 Å². The minimum absolute atomic E-state index is 0.322. The maximum atomic E-state index is 11.6. The lowest BCUT2D eigenvalue weighted by Gasteiger charge is -2.24. The monoisotopic (exact) mass is 249 g/mol. The molecule has 0 spiro atoms. The third-order valence-corrected chi connectivity index (χ3v) is 2.15. The fourth-order valence-corrected chi connectivity index (χ4v) is 1.57. The largest absolute Gasteiger partial charge is 0.448 e. The lowest BCUT2D eigenvalue weighted by atomic mass is 10.2. The fraction of sp³-hybridized carbons (Fsp3) is 0.800. The van der Waals surface area contributed by atoms with Gasteiger partial charge in [0.25, 0.3) is 0 Å². The second-order valence-corrected chi connectivity index (χ2v) is 5.00. The molecule has 0 aliphatic carbocycles. The molecule has 1 amide bonds. The van der Waals surface area contributed by atoms with Gasteiger partial charge in [0, 0.05) is 24.6 Å². The maximum Gasteiger partial charge on any atom is 0.410 e. The summed E-state index contributed by atoms with van der Waals surface area (Å²) in [5.41, 5.74) is -1.35. The van der Waals surface area contributed by atoms with E-state index in [1.165, 1.54) is 4.90 Å². The molecule has 1 aliphatic rings. The van der Waals surface area contributed by atoms with Gasteiger partial charge in [0.05, 0.1) is 6.54 Å². The molecule has 92 valence electrons. The zero-order valence-corrected chi connectivity index (χ0v) is 10.4. The van der Waals surface area contributed by atoms with E-state index in [0.717, 1.165) is 0 Å². The van der Waals surface area contributed by atoms with Crippen molar-refractivity contribution in [3.8, 4) is 0 Å². The van der Waals surface area contributed by atoms with E-state index in [1.54, 1.807) is 20.8 Å². The summed E-state index contributed by atoms with van der Waals surface area (Å²) in [6.07, 6.45) is -0.115. The van der Waals surface area contributed by atoms with Gasteiger partial charge in [-0.2, -0.15) is 0 Å². The summed E-state index contributed by atoms with van der Waals surface area (Å²) in [6.45, 7) is 6.27. The zero-order chi connectivity index (χ0) is 12.3. The molecule has 0 bridgehead atoms. The van der Waals surface area contributed by atoms with Crippen molar-refractivity contribution >= 4 is 23.1 Å². The van der Waals surface area contributed by atoms with Crippen LogP contribution in [-0.2, 0) is 9.47 Å². The number of halogens is 1. The highest BCUT2D eigenvalue weighted by atomic mass is 35.5. The van der Waals surface area contributed by atoms with Crippen LogP contribution in [0.1, 0.15) is 27.2 Å². The molecule has 6 heteroatoms. The van der Waals surface area contributed by atoms with Crippen molar-refractivity contribution < 1.29 is 19.1 Å². The van der Waals surface area contributed by atoms with E-state index in [2.05, 4.69) is 0 Å². The lowest BCUT2D eigenvalue weighted by molar-refractivity contribution is 0.0266. The van der Waals surface area contributed by atoms with Crippen LogP contribution >= 0.6 is 11.6 Å². The Morgan fingerprint density at radius 3 is 2.50 bits per heavy atom. The summed E-state index contributed by atoms with van der Waals surface area (Å²) in [4.78, 5) is 23.6. The van der Waals surface area contributed by atoms with Crippen molar-refractivity contribution in [3.63, 3.8) is 0 Å². The van der Waals surface area contributed by atoms with Gasteiger partial charge in [0.1, 0.15) is 11.7 Å². The standard InChI is InChI=1S/C10H16ClNO4/c1-10(2,3)16-9(14)12-5-4-7(6-12)15-8(11)13/h7H,4-6H2,1-3H3.